The van der Waals surface area contributed by atoms with Crippen molar-refractivity contribution in [2.24, 2.45) is 5.92 Å². The van der Waals surface area contributed by atoms with E-state index in [9.17, 15) is 24.6 Å². The number of benzene rings is 1. The smallest absolute Gasteiger partial charge is 0.247 e. The van der Waals surface area contributed by atoms with Crippen LogP contribution in [0.15, 0.2) is 46.8 Å². The van der Waals surface area contributed by atoms with Crippen molar-refractivity contribution in [2.45, 2.75) is 37.6 Å². The highest BCUT2D eigenvalue weighted by molar-refractivity contribution is 14.1. The van der Waals surface area contributed by atoms with E-state index >= 15 is 0 Å². The van der Waals surface area contributed by atoms with Gasteiger partial charge in [-0.25, -0.2) is 0 Å². The van der Waals surface area contributed by atoms with Gasteiger partial charge in [0.2, 0.25) is 11.8 Å². The molecule has 39 heavy (non-hydrogen) atoms. The zero-order valence-electron chi connectivity index (χ0n) is 21.4. The lowest BCUT2D eigenvalue weighted by atomic mass is 9.87. The molecule has 0 radical (unpaired) electrons. The minimum absolute atomic E-state index is 0.0465. The van der Waals surface area contributed by atoms with Crippen molar-refractivity contribution in [1.29, 1.82) is 0 Å². The standard InChI is InChI=1S/C27H31IN2O9/c1-36-23-9-17(13-32)8-20(28)25(23)39-22-11-19(26(34)29-4-5-31)10-21(24(22)33)30(12-16-2-6-37-14-16)27(35)18-3-7-38-15-18/h2,6,8-9,11,13-14,18,21-22,24,31,33H,3-5,7,10,12,15H2,1H3,(H,29,34). The number of nitrogens with one attached hydrogen (secondary N) is 1. The molecule has 1 aliphatic carbocycles. The lowest BCUT2D eigenvalue weighted by molar-refractivity contribution is -0.143. The highest BCUT2D eigenvalue weighted by atomic mass is 127. The largest absolute Gasteiger partial charge is 0.493 e. The lowest BCUT2D eigenvalue weighted by Gasteiger charge is -2.41. The molecule has 1 aromatic carbocycles. The summed E-state index contributed by atoms with van der Waals surface area (Å²) in [5.41, 5.74) is 1.42. The Morgan fingerprint density at radius 2 is 2.15 bits per heavy atom. The third-order valence-electron chi connectivity index (χ3n) is 6.75. The number of carbonyl (C=O) groups excluding carboxylic acids is 3. The first kappa shape index (κ1) is 29.1. The van der Waals surface area contributed by atoms with Crippen molar-refractivity contribution in [3.63, 3.8) is 0 Å². The number of nitrogens with zero attached hydrogens (tertiary/aromatic N) is 1. The molecule has 1 aliphatic heterocycles. The van der Waals surface area contributed by atoms with Gasteiger partial charge in [-0.3, -0.25) is 14.4 Å². The van der Waals surface area contributed by atoms with Gasteiger partial charge in [0.1, 0.15) is 18.5 Å². The molecular weight excluding hydrogens is 623 g/mol. The van der Waals surface area contributed by atoms with E-state index < -0.39 is 24.2 Å². The first-order chi connectivity index (χ1) is 18.9. The van der Waals surface area contributed by atoms with Gasteiger partial charge in [0.05, 0.1) is 48.4 Å². The van der Waals surface area contributed by atoms with E-state index in [1.165, 1.54) is 31.8 Å². The molecule has 2 amide bonds. The molecule has 1 fully saturated rings. The van der Waals surface area contributed by atoms with E-state index in [1.54, 1.807) is 17.0 Å². The number of aldehydes is 1. The van der Waals surface area contributed by atoms with Crippen molar-refractivity contribution in [2.75, 3.05) is 33.5 Å². The zero-order chi connectivity index (χ0) is 27.9. The predicted octanol–water partition coefficient (Wildman–Crippen LogP) is 1.69. The second kappa shape index (κ2) is 13.4. The number of aliphatic hydroxyl groups excluding tert-OH is 2. The SMILES string of the molecule is COc1cc(C=O)cc(I)c1OC1C=C(C(=O)NCCO)CC(N(Cc2ccoc2)C(=O)C2CCOC2)C1O. The minimum atomic E-state index is -1.22. The van der Waals surface area contributed by atoms with Crippen LogP contribution in [0.4, 0.5) is 0 Å². The molecule has 2 heterocycles. The van der Waals surface area contributed by atoms with Gasteiger partial charge in [-0.05, 0) is 53.3 Å². The number of amides is 2. The number of hydrogen-bond acceptors (Lipinski definition) is 9. The van der Waals surface area contributed by atoms with Crippen molar-refractivity contribution in [3.05, 3.63) is 57.1 Å². The Morgan fingerprint density at radius 3 is 2.79 bits per heavy atom. The van der Waals surface area contributed by atoms with Gasteiger partial charge in [-0.2, -0.15) is 0 Å². The summed E-state index contributed by atoms with van der Waals surface area (Å²) in [4.78, 5) is 39.6. The van der Waals surface area contributed by atoms with Gasteiger partial charge in [0.25, 0.3) is 0 Å². The second-order valence-electron chi connectivity index (χ2n) is 9.33. The molecule has 2 aliphatic rings. The number of hydrogen-bond donors (Lipinski definition) is 3. The van der Waals surface area contributed by atoms with Gasteiger partial charge in [-0.1, -0.05) is 0 Å². The third kappa shape index (κ3) is 6.80. The number of aliphatic hydroxyl groups is 2. The van der Waals surface area contributed by atoms with Crippen LogP contribution in [0, 0.1) is 9.49 Å². The van der Waals surface area contributed by atoms with Gasteiger partial charge in [0, 0.05) is 42.8 Å². The summed E-state index contributed by atoms with van der Waals surface area (Å²) < 4.78 is 22.9. The number of ether oxygens (including phenoxy) is 3. The van der Waals surface area contributed by atoms with E-state index in [0.717, 1.165) is 5.56 Å². The summed E-state index contributed by atoms with van der Waals surface area (Å²) in [6.07, 6.45) is 3.61. The lowest BCUT2D eigenvalue weighted by Crippen LogP contribution is -2.56. The molecule has 0 spiro atoms. The molecule has 2 aromatic rings. The molecule has 4 rings (SSSR count). The van der Waals surface area contributed by atoms with E-state index in [0.29, 0.717) is 34.0 Å². The number of furan rings is 1. The molecule has 11 nitrogen and oxygen atoms in total. The van der Waals surface area contributed by atoms with Crippen LogP contribution >= 0.6 is 22.6 Å². The minimum Gasteiger partial charge on any atom is -0.493 e. The number of methoxy groups -OCH3 is 1. The van der Waals surface area contributed by atoms with Crippen LogP contribution in [-0.4, -0.2) is 84.9 Å². The summed E-state index contributed by atoms with van der Waals surface area (Å²) in [6.45, 7) is 0.710. The van der Waals surface area contributed by atoms with Crippen molar-refractivity contribution < 1.29 is 43.2 Å². The first-order valence-electron chi connectivity index (χ1n) is 12.5. The van der Waals surface area contributed by atoms with Crippen molar-refractivity contribution in [3.8, 4) is 11.5 Å². The van der Waals surface area contributed by atoms with E-state index in [4.69, 9.17) is 18.6 Å². The molecular formula is C27H31IN2O9. The number of halogens is 1. The molecule has 0 saturated carbocycles. The van der Waals surface area contributed by atoms with Gasteiger partial charge < -0.3 is 39.1 Å². The Kier molecular flexibility index (Phi) is 9.99. The van der Waals surface area contributed by atoms with Crippen LogP contribution in [0.25, 0.3) is 0 Å². The van der Waals surface area contributed by atoms with Crippen LogP contribution in [0.5, 0.6) is 11.5 Å². The van der Waals surface area contributed by atoms with Crippen LogP contribution in [0.1, 0.15) is 28.8 Å². The molecule has 210 valence electrons. The third-order valence-corrected chi connectivity index (χ3v) is 7.55. The van der Waals surface area contributed by atoms with Gasteiger partial charge in [0.15, 0.2) is 11.5 Å². The van der Waals surface area contributed by atoms with Crippen molar-refractivity contribution >= 4 is 40.7 Å². The fourth-order valence-electron chi connectivity index (χ4n) is 4.74. The monoisotopic (exact) mass is 654 g/mol. The number of rotatable bonds is 11. The predicted molar refractivity (Wildman–Crippen MR) is 146 cm³/mol. The fourth-order valence-corrected chi connectivity index (χ4v) is 5.49. The fraction of sp³-hybridized carbons (Fsp3) is 0.444. The van der Waals surface area contributed by atoms with E-state index in [1.807, 2.05) is 22.6 Å². The molecule has 3 N–H and O–H groups in total. The Morgan fingerprint density at radius 1 is 1.33 bits per heavy atom. The van der Waals surface area contributed by atoms with Gasteiger partial charge in [-0.15, -0.1) is 0 Å². The highest BCUT2D eigenvalue weighted by Gasteiger charge is 2.43. The first-order valence-corrected chi connectivity index (χ1v) is 13.6. The highest BCUT2D eigenvalue weighted by Crippen LogP contribution is 2.37. The van der Waals surface area contributed by atoms with Crippen LogP contribution < -0.4 is 14.8 Å². The number of carbonyl (C=O) groups is 3. The summed E-state index contributed by atoms with van der Waals surface area (Å²) >= 11 is 2.01. The maximum Gasteiger partial charge on any atom is 0.247 e. The van der Waals surface area contributed by atoms with Crippen molar-refractivity contribution in [1.82, 2.24) is 10.2 Å². The molecule has 12 heteroatoms. The second-order valence-corrected chi connectivity index (χ2v) is 10.5. The van der Waals surface area contributed by atoms with E-state index in [2.05, 4.69) is 5.32 Å². The van der Waals surface area contributed by atoms with Crippen LogP contribution in [0.2, 0.25) is 0 Å². The Labute approximate surface area is 239 Å². The summed E-state index contributed by atoms with van der Waals surface area (Å²) in [5.74, 6) is -0.439. The zero-order valence-corrected chi connectivity index (χ0v) is 23.5. The Bertz CT molecular complexity index is 1190. The van der Waals surface area contributed by atoms with Gasteiger partial charge >= 0.3 is 0 Å². The Balaban J connectivity index is 1.71. The average molecular weight is 654 g/mol. The normalized spacial score (nSPS) is 22.6. The summed E-state index contributed by atoms with van der Waals surface area (Å²) in [5, 5.41) is 23.5. The molecule has 4 unspecified atom stereocenters. The summed E-state index contributed by atoms with van der Waals surface area (Å²) in [7, 11) is 1.44. The maximum atomic E-state index is 13.7. The quantitative estimate of drug-likeness (QED) is 0.243. The van der Waals surface area contributed by atoms with E-state index in [-0.39, 0.29) is 56.0 Å². The van der Waals surface area contributed by atoms with Crippen LogP contribution in [-0.2, 0) is 20.9 Å². The van der Waals surface area contributed by atoms with Crippen LogP contribution in [0.3, 0.4) is 0 Å². The molecule has 1 aromatic heterocycles. The molecule has 1 saturated heterocycles. The average Bonchev–Trinajstić information content (AvgIpc) is 3.67. The topological polar surface area (TPSA) is 148 Å². The molecule has 0 bridgehead atoms. The maximum absolute atomic E-state index is 13.7. The Hall–Kier alpha value is -2.94. The molecule has 4 atom stereocenters. The summed E-state index contributed by atoms with van der Waals surface area (Å²) in [6, 6.07) is 4.05.